The van der Waals surface area contributed by atoms with Crippen molar-refractivity contribution in [3.8, 4) is 16.9 Å². The fourth-order valence-electron chi connectivity index (χ4n) is 3.55. The molecule has 0 N–H and O–H groups in total. The molecule has 3 aromatic rings. The standard InChI is InChI=1S/C25H28N2O5/c1-6-18-16-26(15-17-7-11-20(12-8-17)27(29)30)23(24(28)32-25(2,3)4)22(18)19-9-13-21(31-5)14-10-19/h7-14,16H,6,15H2,1-5H3. The van der Waals surface area contributed by atoms with Gasteiger partial charge in [0.25, 0.3) is 5.69 Å². The highest BCUT2D eigenvalue weighted by Gasteiger charge is 2.27. The Morgan fingerprint density at radius 1 is 1.06 bits per heavy atom. The first-order valence-corrected chi connectivity index (χ1v) is 10.5. The van der Waals surface area contributed by atoms with Crippen molar-refractivity contribution in [2.75, 3.05) is 7.11 Å². The van der Waals surface area contributed by atoms with Gasteiger partial charge in [-0.15, -0.1) is 0 Å². The Labute approximate surface area is 187 Å². The van der Waals surface area contributed by atoms with Gasteiger partial charge in [0, 0.05) is 30.4 Å². The summed E-state index contributed by atoms with van der Waals surface area (Å²) >= 11 is 0. The van der Waals surface area contributed by atoms with E-state index in [1.807, 2.05) is 62.7 Å². The Balaban J connectivity index is 2.11. The molecule has 7 heteroatoms. The number of rotatable bonds is 7. The fourth-order valence-corrected chi connectivity index (χ4v) is 3.55. The minimum absolute atomic E-state index is 0.0294. The SMILES string of the molecule is CCc1cn(Cc2ccc([N+](=O)[O-])cc2)c(C(=O)OC(C)(C)C)c1-c1ccc(OC)cc1. The van der Waals surface area contributed by atoms with Crippen LogP contribution in [0.2, 0.25) is 0 Å². The first-order chi connectivity index (χ1) is 15.1. The van der Waals surface area contributed by atoms with E-state index in [-0.39, 0.29) is 5.69 Å². The number of carbonyl (C=O) groups excluding carboxylic acids is 1. The summed E-state index contributed by atoms with van der Waals surface area (Å²) in [6, 6.07) is 13.9. The van der Waals surface area contributed by atoms with Crippen molar-refractivity contribution >= 4 is 11.7 Å². The molecule has 1 heterocycles. The fraction of sp³-hybridized carbons (Fsp3) is 0.320. The number of methoxy groups -OCH3 is 1. The molecule has 0 spiro atoms. The van der Waals surface area contributed by atoms with E-state index in [1.165, 1.54) is 12.1 Å². The third kappa shape index (κ3) is 5.17. The molecule has 0 aliphatic heterocycles. The predicted molar refractivity (Wildman–Crippen MR) is 123 cm³/mol. The van der Waals surface area contributed by atoms with Crippen LogP contribution >= 0.6 is 0 Å². The van der Waals surface area contributed by atoms with Crippen LogP contribution in [-0.2, 0) is 17.7 Å². The minimum atomic E-state index is -0.650. The van der Waals surface area contributed by atoms with Crippen molar-refractivity contribution in [1.29, 1.82) is 0 Å². The van der Waals surface area contributed by atoms with Gasteiger partial charge >= 0.3 is 5.97 Å². The number of esters is 1. The molecule has 0 fully saturated rings. The van der Waals surface area contributed by atoms with Crippen LogP contribution in [0.5, 0.6) is 5.75 Å². The van der Waals surface area contributed by atoms with Crippen molar-refractivity contribution in [2.24, 2.45) is 0 Å². The van der Waals surface area contributed by atoms with Crippen LogP contribution in [-0.4, -0.2) is 28.2 Å². The molecule has 0 atom stereocenters. The Bertz CT molecular complexity index is 1110. The quantitative estimate of drug-likeness (QED) is 0.272. The van der Waals surface area contributed by atoms with Crippen LogP contribution in [0.3, 0.4) is 0 Å². The van der Waals surface area contributed by atoms with Gasteiger partial charge in [-0.3, -0.25) is 10.1 Å². The van der Waals surface area contributed by atoms with Crippen LogP contribution in [0.25, 0.3) is 11.1 Å². The molecule has 0 amide bonds. The Kier molecular flexibility index (Phi) is 6.67. The van der Waals surface area contributed by atoms with Crippen molar-refractivity contribution in [2.45, 2.75) is 46.3 Å². The highest BCUT2D eigenvalue weighted by molar-refractivity contribution is 5.97. The third-order valence-corrected chi connectivity index (χ3v) is 5.01. The molecular formula is C25H28N2O5. The van der Waals surface area contributed by atoms with Gasteiger partial charge < -0.3 is 14.0 Å². The Morgan fingerprint density at radius 2 is 1.69 bits per heavy atom. The highest BCUT2D eigenvalue weighted by atomic mass is 16.6. The number of carbonyl (C=O) groups is 1. The van der Waals surface area contributed by atoms with Crippen LogP contribution < -0.4 is 4.74 Å². The van der Waals surface area contributed by atoms with Crippen LogP contribution in [0.1, 0.15) is 49.3 Å². The molecule has 32 heavy (non-hydrogen) atoms. The van der Waals surface area contributed by atoms with Crippen molar-refractivity contribution in [3.05, 3.63) is 81.7 Å². The lowest BCUT2D eigenvalue weighted by molar-refractivity contribution is -0.384. The largest absolute Gasteiger partial charge is 0.497 e. The van der Waals surface area contributed by atoms with Crippen molar-refractivity contribution < 1.29 is 19.2 Å². The van der Waals surface area contributed by atoms with E-state index in [2.05, 4.69) is 0 Å². The van der Waals surface area contributed by atoms with Gasteiger partial charge in [0.05, 0.1) is 12.0 Å². The maximum Gasteiger partial charge on any atom is 0.356 e. The summed E-state index contributed by atoms with van der Waals surface area (Å²) in [5, 5.41) is 11.0. The average Bonchev–Trinajstić information content (AvgIpc) is 3.11. The normalized spacial score (nSPS) is 11.3. The molecule has 0 unspecified atom stereocenters. The average molecular weight is 437 g/mol. The van der Waals surface area contributed by atoms with E-state index in [9.17, 15) is 14.9 Å². The number of non-ortho nitro benzene ring substituents is 1. The van der Waals surface area contributed by atoms with Crippen molar-refractivity contribution in [1.82, 2.24) is 4.57 Å². The van der Waals surface area contributed by atoms with E-state index in [1.54, 1.807) is 19.2 Å². The number of nitro groups is 1. The second-order valence-corrected chi connectivity index (χ2v) is 8.51. The molecule has 0 saturated heterocycles. The zero-order valence-corrected chi connectivity index (χ0v) is 19.0. The molecule has 0 saturated carbocycles. The first kappa shape index (κ1) is 23.1. The van der Waals surface area contributed by atoms with Crippen LogP contribution in [0, 0.1) is 10.1 Å². The molecule has 0 bridgehead atoms. The van der Waals surface area contributed by atoms with Crippen LogP contribution in [0.15, 0.2) is 54.7 Å². The van der Waals surface area contributed by atoms with E-state index in [0.29, 0.717) is 12.2 Å². The number of aryl methyl sites for hydroxylation is 1. The third-order valence-electron chi connectivity index (χ3n) is 5.01. The number of nitro benzene ring substituents is 1. The summed E-state index contributed by atoms with van der Waals surface area (Å²) in [4.78, 5) is 23.8. The first-order valence-electron chi connectivity index (χ1n) is 10.5. The van der Waals surface area contributed by atoms with Gasteiger partial charge in [0.15, 0.2) is 0 Å². The van der Waals surface area contributed by atoms with E-state index in [0.717, 1.165) is 34.4 Å². The van der Waals surface area contributed by atoms with E-state index in [4.69, 9.17) is 9.47 Å². The lowest BCUT2D eigenvalue weighted by Crippen LogP contribution is -2.26. The van der Waals surface area contributed by atoms with E-state index >= 15 is 0 Å². The molecule has 0 radical (unpaired) electrons. The van der Waals surface area contributed by atoms with Gasteiger partial charge in [0.1, 0.15) is 17.0 Å². The molecule has 1 aromatic heterocycles. The summed E-state index contributed by atoms with van der Waals surface area (Å²) in [7, 11) is 1.61. The van der Waals surface area contributed by atoms with Gasteiger partial charge in [0.2, 0.25) is 0 Å². The monoisotopic (exact) mass is 436 g/mol. The minimum Gasteiger partial charge on any atom is -0.497 e. The molecule has 7 nitrogen and oxygen atoms in total. The maximum atomic E-state index is 13.3. The summed E-state index contributed by atoms with van der Waals surface area (Å²) in [5.41, 5.74) is 3.42. The molecular weight excluding hydrogens is 408 g/mol. The number of nitrogens with zero attached hydrogens (tertiary/aromatic N) is 2. The highest BCUT2D eigenvalue weighted by Crippen LogP contribution is 2.33. The topological polar surface area (TPSA) is 83.6 Å². The second-order valence-electron chi connectivity index (χ2n) is 8.51. The number of hydrogen-bond donors (Lipinski definition) is 0. The number of hydrogen-bond acceptors (Lipinski definition) is 5. The zero-order valence-electron chi connectivity index (χ0n) is 19.0. The number of aromatic nitrogens is 1. The van der Waals surface area contributed by atoms with Gasteiger partial charge in [-0.25, -0.2) is 4.79 Å². The molecule has 2 aromatic carbocycles. The Morgan fingerprint density at radius 3 is 2.19 bits per heavy atom. The summed E-state index contributed by atoms with van der Waals surface area (Å²) in [6.07, 6.45) is 2.69. The van der Waals surface area contributed by atoms with E-state index < -0.39 is 16.5 Å². The number of benzene rings is 2. The maximum absolute atomic E-state index is 13.3. The summed E-state index contributed by atoms with van der Waals surface area (Å²) < 4.78 is 12.9. The van der Waals surface area contributed by atoms with Gasteiger partial charge in [-0.2, -0.15) is 0 Å². The lowest BCUT2D eigenvalue weighted by Gasteiger charge is -2.21. The molecule has 0 aliphatic carbocycles. The molecule has 3 rings (SSSR count). The number of ether oxygens (including phenoxy) is 2. The van der Waals surface area contributed by atoms with Crippen LogP contribution in [0.4, 0.5) is 5.69 Å². The molecule has 0 aliphatic rings. The predicted octanol–water partition coefficient (Wildman–Crippen LogP) is 5.64. The second kappa shape index (κ2) is 9.26. The Hall–Kier alpha value is -3.61. The summed E-state index contributed by atoms with van der Waals surface area (Å²) in [5.74, 6) is 0.320. The zero-order chi connectivity index (χ0) is 23.5. The van der Waals surface area contributed by atoms with Gasteiger partial charge in [-0.05, 0) is 56.0 Å². The summed E-state index contributed by atoms with van der Waals surface area (Å²) in [6.45, 7) is 7.93. The smallest absolute Gasteiger partial charge is 0.356 e. The lowest BCUT2D eigenvalue weighted by atomic mass is 9.99. The molecule has 168 valence electrons. The van der Waals surface area contributed by atoms with Gasteiger partial charge in [-0.1, -0.05) is 31.2 Å². The van der Waals surface area contributed by atoms with Crippen molar-refractivity contribution in [3.63, 3.8) is 0 Å².